The van der Waals surface area contributed by atoms with Crippen molar-refractivity contribution in [2.75, 3.05) is 7.11 Å². The summed E-state index contributed by atoms with van der Waals surface area (Å²) in [6.45, 7) is 0. The molecule has 0 aromatic rings. The molecule has 1 aliphatic carbocycles. The fraction of sp³-hybridized carbons (Fsp3) is 0.556. The molecule has 0 aromatic heterocycles. The second-order valence-corrected chi connectivity index (χ2v) is 3.02. The Balaban J connectivity index is 2.96. The summed E-state index contributed by atoms with van der Waals surface area (Å²) in [6, 6.07) is 0. The Hall–Kier alpha value is -1.32. The van der Waals surface area contributed by atoms with Crippen LogP contribution in [0.3, 0.4) is 0 Å². The van der Waals surface area contributed by atoms with Crippen molar-refractivity contribution in [3.05, 3.63) is 11.1 Å². The third kappa shape index (κ3) is 2.08. The normalized spacial score (nSPS) is 17.0. The van der Waals surface area contributed by atoms with E-state index in [1.807, 2.05) is 0 Å². The minimum absolute atomic E-state index is 0.423. The van der Waals surface area contributed by atoms with Gasteiger partial charge in [0.2, 0.25) is 5.91 Å². The predicted octanol–water partition coefficient (Wildman–Crippen LogP) is 0.515. The number of methoxy groups -OCH3 is 1. The van der Waals surface area contributed by atoms with Gasteiger partial charge in [-0.25, -0.2) is 4.79 Å². The minimum Gasteiger partial charge on any atom is -0.466 e. The van der Waals surface area contributed by atoms with Gasteiger partial charge in [-0.3, -0.25) is 4.79 Å². The van der Waals surface area contributed by atoms with Crippen LogP contribution in [0.1, 0.15) is 25.7 Å². The molecule has 0 aromatic carbocycles. The molecule has 0 heterocycles. The topological polar surface area (TPSA) is 69.4 Å². The quantitative estimate of drug-likeness (QED) is 0.634. The first-order valence-corrected chi connectivity index (χ1v) is 4.27. The number of rotatable bonds is 2. The Morgan fingerprint density at radius 2 is 1.77 bits per heavy atom. The highest BCUT2D eigenvalue weighted by Gasteiger charge is 2.22. The summed E-state index contributed by atoms with van der Waals surface area (Å²) >= 11 is 0. The minimum atomic E-state index is -0.500. The Kier molecular flexibility index (Phi) is 3.06. The van der Waals surface area contributed by atoms with Gasteiger partial charge in [0.25, 0.3) is 0 Å². The fourth-order valence-electron chi connectivity index (χ4n) is 1.53. The van der Waals surface area contributed by atoms with E-state index >= 15 is 0 Å². The molecule has 0 spiro atoms. The summed E-state index contributed by atoms with van der Waals surface area (Å²) in [4.78, 5) is 22.1. The van der Waals surface area contributed by atoms with E-state index in [2.05, 4.69) is 4.74 Å². The molecule has 0 unspecified atom stereocenters. The SMILES string of the molecule is COC(=O)C1=C(C(N)=O)CCCC1. The van der Waals surface area contributed by atoms with Crippen molar-refractivity contribution < 1.29 is 14.3 Å². The van der Waals surface area contributed by atoms with Crippen LogP contribution < -0.4 is 5.73 Å². The van der Waals surface area contributed by atoms with Crippen LogP contribution in [-0.4, -0.2) is 19.0 Å². The first-order valence-electron chi connectivity index (χ1n) is 4.27. The van der Waals surface area contributed by atoms with E-state index in [1.165, 1.54) is 7.11 Å². The van der Waals surface area contributed by atoms with Gasteiger partial charge in [-0.2, -0.15) is 0 Å². The smallest absolute Gasteiger partial charge is 0.334 e. The van der Waals surface area contributed by atoms with Crippen LogP contribution in [0.15, 0.2) is 11.1 Å². The maximum Gasteiger partial charge on any atom is 0.334 e. The number of esters is 1. The molecule has 4 heteroatoms. The Labute approximate surface area is 76.7 Å². The highest BCUT2D eigenvalue weighted by atomic mass is 16.5. The van der Waals surface area contributed by atoms with Gasteiger partial charge in [0.05, 0.1) is 7.11 Å². The standard InChI is InChI=1S/C9H13NO3/c1-13-9(12)7-5-3-2-4-6(7)8(10)11/h2-5H2,1H3,(H2,10,11). The van der Waals surface area contributed by atoms with Gasteiger partial charge in [-0.1, -0.05) is 0 Å². The third-order valence-electron chi connectivity index (χ3n) is 2.20. The van der Waals surface area contributed by atoms with E-state index in [0.717, 1.165) is 12.8 Å². The van der Waals surface area contributed by atoms with E-state index in [1.54, 1.807) is 0 Å². The molecule has 0 saturated heterocycles. The van der Waals surface area contributed by atoms with Crippen molar-refractivity contribution >= 4 is 11.9 Å². The first-order chi connectivity index (χ1) is 6.16. The van der Waals surface area contributed by atoms with E-state index in [4.69, 9.17) is 5.73 Å². The van der Waals surface area contributed by atoms with E-state index < -0.39 is 11.9 Å². The van der Waals surface area contributed by atoms with Crippen molar-refractivity contribution in [3.63, 3.8) is 0 Å². The lowest BCUT2D eigenvalue weighted by molar-refractivity contribution is -0.136. The number of carbonyl (C=O) groups excluding carboxylic acids is 2. The van der Waals surface area contributed by atoms with E-state index in [0.29, 0.717) is 24.0 Å². The van der Waals surface area contributed by atoms with Gasteiger partial charge in [0, 0.05) is 11.1 Å². The van der Waals surface area contributed by atoms with Gasteiger partial charge in [0.1, 0.15) is 0 Å². The Bertz CT molecular complexity index is 268. The second kappa shape index (κ2) is 4.07. The molecule has 0 atom stereocenters. The number of amides is 1. The fourth-order valence-corrected chi connectivity index (χ4v) is 1.53. The molecule has 13 heavy (non-hydrogen) atoms. The van der Waals surface area contributed by atoms with Gasteiger partial charge in [0.15, 0.2) is 0 Å². The number of ether oxygens (including phenoxy) is 1. The third-order valence-corrected chi connectivity index (χ3v) is 2.20. The zero-order valence-electron chi connectivity index (χ0n) is 7.63. The lowest BCUT2D eigenvalue weighted by atomic mass is 9.91. The van der Waals surface area contributed by atoms with Crippen LogP contribution in [0.4, 0.5) is 0 Å². The molecule has 72 valence electrons. The predicted molar refractivity (Wildman–Crippen MR) is 46.7 cm³/mol. The van der Waals surface area contributed by atoms with Crippen LogP contribution in [0.25, 0.3) is 0 Å². The Morgan fingerprint density at radius 1 is 1.23 bits per heavy atom. The molecule has 2 N–H and O–H groups in total. The average Bonchev–Trinajstić information content (AvgIpc) is 2.16. The number of hydrogen-bond acceptors (Lipinski definition) is 3. The number of primary amides is 1. The monoisotopic (exact) mass is 183 g/mol. The molecular formula is C9H13NO3. The van der Waals surface area contributed by atoms with Crippen LogP contribution in [-0.2, 0) is 14.3 Å². The molecule has 0 saturated carbocycles. The summed E-state index contributed by atoms with van der Waals surface area (Å²) < 4.78 is 4.57. The maximum absolute atomic E-state index is 11.2. The lowest BCUT2D eigenvalue weighted by Crippen LogP contribution is -2.22. The second-order valence-electron chi connectivity index (χ2n) is 3.02. The molecule has 0 aliphatic heterocycles. The molecule has 0 radical (unpaired) electrons. The van der Waals surface area contributed by atoms with E-state index in [9.17, 15) is 9.59 Å². The van der Waals surface area contributed by atoms with Crippen LogP contribution in [0.2, 0.25) is 0 Å². The number of carbonyl (C=O) groups is 2. The molecule has 0 fully saturated rings. The van der Waals surface area contributed by atoms with E-state index in [-0.39, 0.29) is 0 Å². The summed E-state index contributed by atoms with van der Waals surface area (Å²) in [5.41, 5.74) is 6.05. The van der Waals surface area contributed by atoms with Crippen molar-refractivity contribution in [2.45, 2.75) is 25.7 Å². The average molecular weight is 183 g/mol. The van der Waals surface area contributed by atoms with Gasteiger partial charge >= 0.3 is 5.97 Å². The van der Waals surface area contributed by atoms with Crippen LogP contribution in [0, 0.1) is 0 Å². The molecule has 0 bridgehead atoms. The van der Waals surface area contributed by atoms with Gasteiger partial charge in [-0.15, -0.1) is 0 Å². The van der Waals surface area contributed by atoms with Gasteiger partial charge in [-0.05, 0) is 25.7 Å². The highest BCUT2D eigenvalue weighted by molar-refractivity contribution is 6.02. The van der Waals surface area contributed by atoms with Crippen molar-refractivity contribution in [2.24, 2.45) is 5.73 Å². The summed E-state index contributed by atoms with van der Waals surface area (Å²) in [7, 11) is 1.31. The Morgan fingerprint density at radius 3 is 2.23 bits per heavy atom. The largest absolute Gasteiger partial charge is 0.466 e. The zero-order chi connectivity index (χ0) is 9.84. The van der Waals surface area contributed by atoms with Crippen LogP contribution >= 0.6 is 0 Å². The summed E-state index contributed by atoms with van der Waals surface area (Å²) in [5.74, 6) is -0.923. The molecule has 1 aliphatic rings. The van der Waals surface area contributed by atoms with Crippen molar-refractivity contribution in [1.82, 2.24) is 0 Å². The summed E-state index contributed by atoms with van der Waals surface area (Å²) in [5, 5.41) is 0. The number of hydrogen-bond donors (Lipinski definition) is 1. The number of nitrogens with two attached hydrogens (primary N) is 1. The molecule has 4 nitrogen and oxygen atoms in total. The summed E-state index contributed by atoms with van der Waals surface area (Å²) in [6.07, 6.45) is 3.03. The van der Waals surface area contributed by atoms with Crippen LogP contribution in [0.5, 0.6) is 0 Å². The molecule has 1 rings (SSSR count). The lowest BCUT2D eigenvalue weighted by Gasteiger charge is -2.15. The maximum atomic E-state index is 11.2. The first kappa shape index (κ1) is 9.77. The molecule has 1 amide bonds. The van der Waals surface area contributed by atoms with Crippen molar-refractivity contribution in [3.8, 4) is 0 Å². The van der Waals surface area contributed by atoms with Crippen molar-refractivity contribution in [1.29, 1.82) is 0 Å². The molecular weight excluding hydrogens is 170 g/mol. The van der Waals surface area contributed by atoms with Gasteiger partial charge < -0.3 is 10.5 Å². The highest BCUT2D eigenvalue weighted by Crippen LogP contribution is 2.25. The zero-order valence-corrected chi connectivity index (χ0v) is 7.63.